The van der Waals surface area contributed by atoms with E-state index in [1.165, 1.54) is 6.42 Å². The fraction of sp³-hybridized carbons (Fsp3) is 0.600. The first kappa shape index (κ1) is 20.0. The molecular formula is C20H29ClN4O2. The molecule has 0 radical (unpaired) electrons. The van der Waals surface area contributed by atoms with Crippen LogP contribution in [0.25, 0.3) is 0 Å². The van der Waals surface area contributed by atoms with Gasteiger partial charge in [0.15, 0.2) is 0 Å². The quantitative estimate of drug-likeness (QED) is 0.732. The highest BCUT2D eigenvalue weighted by atomic mass is 35.5. The summed E-state index contributed by atoms with van der Waals surface area (Å²) in [6.45, 7) is 1.82. The maximum atomic E-state index is 12.8. The molecule has 2 saturated carbocycles. The van der Waals surface area contributed by atoms with Gasteiger partial charge >= 0.3 is 0 Å². The fourth-order valence-electron chi connectivity index (χ4n) is 5.16. The van der Waals surface area contributed by atoms with Gasteiger partial charge < -0.3 is 21.7 Å². The van der Waals surface area contributed by atoms with Gasteiger partial charge in [-0.25, -0.2) is 0 Å². The van der Waals surface area contributed by atoms with Gasteiger partial charge in [0, 0.05) is 24.8 Å². The van der Waals surface area contributed by atoms with Crippen LogP contribution in [0.1, 0.15) is 48.9 Å². The van der Waals surface area contributed by atoms with E-state index in [1.807, 2.05) is 6.07 Å². The molecule has 2 aliphatic carbocycles. The highest BCUT2D eigenvalue weighted by Crippen LogP contribution is 2.48. The smallest absolute Gasteiger partial charge is 0.250 e. The van der Waals surface area contributed by atoms with Crippen LogP contribution in [0.4, 0.5) is 11.4 Å². The average molecular weight is 393 g/mol. The zero-order valence-corrected chi connectivity index (χ0v) is 16.3. The second-order valence-corrected chi connectivity index (χ2v) is 8.07. The summed E-state index contributed by atoms with van der Waals surface area (Å²) in [4.78, 5) is 26.9. The molecule has 1 aromatic rings. The number of anilines is 2. The molecule has 4 rings (SSSR count). The first-order valence-corrected chi connectivity index (χ1v) is 9.80. The summed E-state index contributed by atoms with van der Waals surface area (Å²) in [5, 5.41) is 3.05. The molecule has 0 aromatic heterocycles. The second-order valence-electron chi connectivity index (χ2n) is 8.07. The van der Waals surface area contributed by atoms with E-state index in [4.69, 9.17) is 11.5 Å². The molecule has 6 nitrogen and oxygen atoms in total. The molecule has 0 spiro atoms. The number of hydrogen-bond acceptors (Lipinski definition) is 4. The van der Waals surface area contributed by atoms with Crippen LogP contribution in [-0.4, -0.2) is 30.9 Å². The number of nitrogens with zero attached hydrogens (tertiary/aromatic N) is 1. The SMILES string of the molecule is Cl.NC(=O)c1ccc(NC(=O)C2C3CCC(C3)C2N)cc1N1CCCCC1. The van der Waals surface area contributed by atoms with Crippen molar-refractivity contribution in [1.82, 2.24) is 0 Å². The summed E-state index contributed by atoms with van der Waals surface area (Å²) in [7, 11) is 0. The Morgan fingerprint density at radius 1 is 1.07 bits per heavy atom. The lowest BCUT2D eigenvalue weighted by molar-refractivity contribution is -0.121. The zero-order chi connectivity index (χ0) is 18.3. The highest BCUT2D eigenvalue weighted by molar-refractivity contribution is 6.01. The predicted molar refractivity (Wildman–Crippen MR) is 109 cm³/mol. The number of piperidine rings is 1. The molecule has 4 unspecified atom stereocenters. The summed E-state index contributed by atoms with van der Waals surface area (Å²) >= 11 is 0. The number of halogens is 1. The zero-order valence-electron chi connectivity index (χ0n) is 15.5. The number of benzene rings is 1. The molecule has 148 valence electrons. The lowest BCUT2D eigenvalue weighted by atomic mass is 9.84. The van der Waals surface area contributed by atoms with Crippen LogP contribution >= 0.6 is 12.4 Å². The Balaban J connectivity index is 0.00000210. The standard InChI is InChI=1S/C20H28N4O2.ClH/c21-18-13-5-4-12(10-13)17(18)20(26)23-14-6-7-15(19(22)25)16(11-14)24-8-2-1-3-9-24;/h6-7,11-13,17-18H,1-5,8-10,21H2,(H2,22,25)(H,23,26);1H. The summed E-state index contributed by atoms with van der Waals surface area (Å²) < 4.78 is 0. The van der Waals surface area contributed by atoms with Crippen molar-refractivity contribution in [3.63, 3.8) is 0 Å². The van der Waals surface area contributed by atoms with Gasteiger partial charge in [-0.15, -0.1) is 12.4 Å². The van der Waals surface area contributed by atoms with Crippen LogP contribution in [0.3, 0.4) is 0 Å². The van der Waals surface area contributed by atoms with Gasteiger partial charge in [-0.2, -0.15) is 0 Å². The molecule has 2 bridgehead atoms. The molecule has 1 heterocycles. The highest BCUT2D eigenvalue weighted by Gasteiger charge is 2.49. The number of carbonyl (C=O) groups is 2. The van der Waals surface area contributed by atoms with Crippen molar-refractivity contribution in [2.75, 3.05) is 23.3 Å². The normalized spacial score (nSPS) is 29.3. The van der Waals surface area contributed by atoms with Crippen LogP contribution in [0.2, 0.25) is 0 Å². The third kappa shape index (κ3) is 3.78. The monoisotopic (exact) mass is 392 g/mol. The Morgan fingerprint density at radius 2 is 1.78 bits per heavy atom. The molecule has 27 heavy (non-hydrogen) atoms. The Hall–Kier alpha value is -1.79. The van der Waals surface area contributed by atoms with E-state index in [-0.39, 0.29) is 30.3 Å². The van der Waals surface area contributed by atoms with E-state index >= 15 is 0 Å². The van der Waals surface area contributed by atoms with Gasteiger partial charge in [0.25, 0.3) is 5.91 Å². The molecule has 1 aromatic carbocycles. The number of hydrogen-bond donors (Lipinski definition) is 3. The average Bonchev–Trinajstić information content (AvgIpc) is 3.23. The number of amides is 2. The minimum absolute atomic E-state index is 0. The summed E-state index contributed by atoms with van der Waals surface area (Å²) in [5.41, 5.74) is 13.9. The Labute approximate surface area is 166 Å². The number of rotatable bonds is 4. The molecule has 3 aliphatic rings. The van der Waals surface area contributed by atoms with Crippen molar-refractivity contribution in [3.05, 3.63) is 23.8 Å². The molecule has 1 aliphatic heterocycles. The lowest BCUT2D eigenvalue weighted by Crippen LogP contribution is -2.42. The Morgan fingerprint density at radius 3 is 2.41 bits per heavy atom. The summed E-state index contributed by atoms with van der Waals surface area (Å²) in [6, 6.07) is 5.36. The van der Waals surface area contributed by atoms with Gasteiger partial charge in [-0.1, -0.05) is 0 Å². The number of carbonyl (C=O) groups excluding carboxylic acids is 2. The third-order valence-electron chi connectivity index (χ3n) is 6.51. The van der Waals surface area contributed by atoms with E-state index in [1.54, 1.807) is 12.1 Å². The lowest BCUT2D eigenvalue weighted by Gasteiger charge is -2.31. The van der Waals surface area contributed by atoms with Gasteiger partial charge in [0.05, 0.1) is 17.2 Å². The third-order valence-corrected chi connectivity index (χ3v) is 6.51. The molecule has 1 saturated heterocycles. The van der Waals surface area contributed by atoms with Gasteiger partial charge in [-0.05, 0) is 68.6 Å². The summed E-state index contributed by atoms with van der Waals surface area (Å²) in [5.74, 6) is 0.404. The van der Waals surface area contributed by atoms with Gasteiger partial charge in [-0.3, -0.25) is 9.59 Å². The Bertz CT molecular complexity index is 718. The van der Waals surface area contributed by atoms with E-state index in [2.05, 4.69) is 10.2 Å². The predicted octanol–water partition coefficient (Wildman–Crippen LogP) is 2.51. The van der Waals surface area contributed by atoms with Crippen molar-refractivity contribution >= 4 is 35.6 Å². The van der Waals surface area contributed by atoms with E-state index in [0.29, 0.717) is 17.4 Å². The molecule has 2 amide bonds. The number of nitrogens with two attached hydrogens (primary N) is 2. The van der Waals surface area contributed by atoms with Crippen molar-refractivity contribution in [3.8, 4) is 0 Å². The minimum Gasteiger partial charge on any atom is -0.371 e. The number of fused-ring (bicyclic) bond motifs is 2. The molecule has 4 atom stereocenters. The number of primary amides is 1. The van der Waals surface area contributed by atoms with Crippen LogP contribution in [0.15, 0.2) is 18.2 Å². The van der Waals surface area contributed by atoms with Gasteiger partial charge in [0.2, 0.25) is 5.91 Å². The van der Waals surface area contributed by atoms with Crippen molar-refractivity contribution in [2.24, 2.45) is 29.2 Å². The first-order chi connectivity index (χ1) is 12.5. The largest absolute Gasteiger partial charge is 0.371 e. The van der Waals surface area contributed by atoms with Gasteiger partial charge in [0.1, 0.15) is 0 Å². The maximum Gasteiger partial charge on any atom is 0.250 e. The Kier molecular flexibility index (Phi) is 5.96. The topological polar surface area (TPSA) is 101 Å². The van der Waals surface area contributed by atoms with Crippen LogP contribution in [-0.2, 0) is 4.79 Å². The molecular weight excluding hydrogens is 364 g/mol. The van der Waals surface area contributed by atoms with Crippen LogP contribution in [0.5, 0.6) is 0 Å². The van der Waals surface area contributed by atoms with E-state index < -0.39 is 5.91 Å². The van der Waals surface area contributed by atoms with E-state index in [0.717, 1.165) is 56.6 Å². The maximum absolute atomic E-state index is 12.8. The molecule has 3 fully saturated rings. The van der Waals surface area contributed by atoms with Crippen LogP contribution in [0, 0.1) is 17.8 Å². The molecule has 5 N–H and O–H groups in total. The number of nitrogens with one attached hydrogen (secondary N) is 1. The minimum atomic E-state index is -0.432. The van der Waals surface area contributed by atoms with E-state index in [9.17, 15) is 9.59 Å². The van der Waals surface area contributed by atoms with Crippen LogP contribution < -0.4 is 21.7 Å². The fourth-order valence-corrected chi connectivity index (χ4v) is 5.16. The van der Waals surface area contributed by atoms with Crippen molar-refractivity contribution < 1.29 is 9.59 Å². The van der Waals surface area contributed by atoms with Crippen molar-refractivity contribution in [2.45, 2.75) is 44.6 Å². The summed E-state index contributed by atoms with van der Waals surface area (Å²) in [6.07, 6.45) is 6.77. The molecule has 7 heteroatoms. The van der Waals surface area contributed by atoms with Crippen molar-refractivity contribution in [1.29, 1.82) is 0 Å². The first-order valence-electron chi connectivity index (χ1n) is 9.80. The second kappa shape index (κ2) is 8.07.